The molecule has 0 bridgehead atoms. The summed E-state index contributed by atoms with van der Waals surface area (Å²) in [5.41, 5.74) is 1.07. The van der Waals surface area contributed by atoms with Crippen LogP contribution in [0.25, 0.3) is 0 Å². The number of aromatic amines is 1. The van der Waals surface area contributed by atoms with Gasteiger partial charge in [-0.05, 0) is 18.1 Å². The van der Waals surface area contributed by atoms with E-state index in [-0.39, 0.29) is 12.0 Å². The molecule has 6 heteroatoms. The molecule has 0 saturated heterocycles. The van der Waals surface area contributed by atoms with Gasteiger partial charge >= 0.3 is 0 Å². The van der Waals surface area contributed by atoms with E-state index in [4.69, 9.17) is 0 Å². The third-order valence-electron chi connectivity index (χ3n) is 2.78. The number of amides is 1. The second-order valence-electron chi connectivity index (χ2n) is 4.49. The van der Waals surface area contributed by atoms with Crippen LogP contribution in [0.5, 0.6) is 0 Å². The SMILES string of the molecule is CCCc1cc(NC(=O)Cc2ccc(F)cc2F)n[nH]1. The van der Waals surface area contributed by atoms with Gasteiger partial charge in [0.2, 0.25) is 5.91 Å². The summed E-state index contributed by atoms with van der Waals surface area (Å²) < 4.78 is 26.2. The number of anilines is 1. The number of nitrogens with zero attached hydrogens (tertiary/aromatic N) is 1. The molecular weight excluding hydrogens is 264 g/mol. The molecular formula is C14H15F2N3O. The third-order valence-corrected chi connectivity index (χ3v) is 2.78. The van der Waals surface area contributed by atoms with Gasteiger partial charge in [0, 0.05) is 17.8 Å². The van der Waals surface area contributed by atoms with Gasteiger partial charge < -0.3 is 5.32 Å². The number of halogens is 2. The van der Waals surface area contributed by atoms with Crippen molar-refractivity contribution in [2.75, 3.05) is 5.32 Å². The topological polar surface area (TPSA) is 57.8 Å². The number of aromatic nitrogens is 2. The third kappa shape index (κ3) is 3.63. The number of rotatable bonds is 5. The van der Waals surface area contributed by atoms with Gasteiger partial charge in [0.15, 0.2) is 5.82 Å². The average molecular weight is 279 g/mol. The summed E-state index contributed by atoms with van der Waals surface area (Å²) >= 11 is 0. The molecule has 0 unspecified atom stereocenters. The Morgan fingerprint density at radius 3 is 2.85 bits per heavy atom. The van der Waals surface area contributed by atoms with Gasteiger partial charge in [-0.3, -0.25) is 9.89 Å². The summed E-state index contributed by atoms with van der Waals surface area (Å²) in [6.07, 6.45) is 1.65. The highest BCUT2D eigenvalue weighted by Gasteiger charge is 2.10. The fourth-order valence-electron chi connectivity index (χ4n) is 1.85. The number of benzene rings is 1. The molecule has 1 amide bonds. The Labute approximate surface area is 115 Å². The van der Waals surface area contributed by atoms with E-state index in [1.54, 1.807) is 6.07 Å². The van der Waals surface area contributed by atoms with Crippen LogP contribution in [0.1, 0.15) is 24.6 Å². The molecule has 0 aliphatic rings. The zero-order valence-corrected chi connectivity index (χ0v) is 11.0. The average Bonchev–Trinajstić information content (AvgIpc) is 2.81. The number of hydrogen-bond donors (Lipinski definition) is 2. The van der Waals surface area contributed by atoms with Crippen molar-refractivity contribution in [3.8, 4) is 0 Å². The van der Waals surface area contributed by atoms with Gasteiger partial charge in [0.05, 0.1) is 6.42 Å². The van der Waals surface area contributed by atoms with E-state index >= 15 is 0 Å². The summed E-state index contributed by atoms with van der Waals surface area (Å²) in [7, 11) is 0. The van der Waals surface area contributed by atoms with Crippen LogP contribution in [-0.2, 0) is 17.6 Å². The van der Waals surface area contributed by atoms with Crippen molar-refractivity contribution in [2.24, 2.45) is 0 Å². The van der Waals surface area contributed by atoms with Gasteiger partial charge in [-0.15, -0.1) is 0 Å². The summed E-state index contributed by atoms with van der Waals surface area (Å²) in [6.45, 7) is 2.04. The van der Waals surface area contributed by atoms with Crippen LogP contribution >= 0.6 is 0 Å². The van der Waals surface area contributed by atoms with Crippen molar-refractivity contribution in [3.05, 3.63) is 47.2 Å². The Hall–Kier alpha value is -2.24. The number of carbonyl (C=O) groups excluding carboxylic acids is 1. The molecule has 106 valence electrons. The van der Waals surface area contributed by atoms with E-state index in [0.717, 1.165) is 30.7 Å². The lowest BCUT2D eigenvalue weighted by Gasteiger charge is -2.03. The number of nitrogens with one attached hydrogen (secondary N) is 2. The van der Waals surface area contributed by atoms with Gasteiger partial charge in [-0.25, -0.2) is 8.78 Å². The smallest absolute Gasteiger partial charge is 0.230 e. The van der Waals surface area contributed by atoms with Crippen LogP contribution in [0.3, 0.4) is 0 Å². The largest absolute Gasteiger partial charge is 0.309 e. The maximum atomic E-state index is 13.4. The van der Waals surface area contributed by atoms with E-state index in [0.29, 0.717) is 5.82 Å². The van der Waals surface area contributed by atoms with Gasteiger partial charge in [-0.2, -0.15) is 5.10 Å². The first-order valence-electron chi connectivity index (χ1n) is 6.36. The molecule has 0 radical (unpaired) electrons. The fraction of sp³-hybridized carbons (Fsp3) is 0.286. The quantitative estimate of drug-likeness (QED) is 0.884. The summed E-state index contributed by atoms with van der Waals surface area (Å²) in [4.78, 5) is 11.8. The molecule has 1 heterocycles. The second-order valence-corrected chi connectivity index (χ2v) is 4.49. The minimum Gasteiger partial charge on any atom is -0.309 e. The molecule has 0 saturated carbocycles. The lowest BCUT2D eigenvalue weighted by atomic mass is 10.1. The minimum atomic E-state index is -0.728. The molecule has 2 aromatic rings. The first-order chi connectivity index (χ1) is 9.58. The summed E-state index contributed by atoms with van der Waals surface area (Å²) in [5.74, 6) is -1.39. The normalized spacial score (nSPS) is 10.6. The summed E-state index contributed by atoms with van der Waals surface area (Å²) in [6, 6.07) is 4.88. The van der Waals surface area contributed by atoms with Crippen molar-refractivity contribution < 1.29 is 13.6 Å². The van der Waals surface area contributed by atoms with Crippen LogP contribution in [-0.4, -0.2) is 16.1 Å². The highest BCUT2D eigenvalue weighted by molar-refractivity contribution is 5.91. The second kappa shape index (κ2) is 6.27. The Morgan fingerprint density at radius 1 is 1.35 bits per heavy atom. The van der Waals surface area contributed by atoms with E-state index in [9.17, 15) is 13.6 Å². The lowest BCUT2D eigenvalue weighted by Crippen LogP contribution is -2.15. The summed E-state index contributed by atoms with van der Waals surface area (Å²) in [5, 5.41) is 9.32. The van der Waals surface area contributed by atoms with E-state index in [1.807, 2.05) is 6.92 Å². The molecule has 2 N–H and O–H groups in total. The van der Waals surface area contributed by atoms with Crippen LogP contribution in [0.2, 0.25) is 0 Å². The molecule has 0 fully saturated rings. The van der Waals surface area contributed by atoms with E-state index in [1.165, 1.54) is 6.07 Å². The molecule has 0 aliphatic heterocycles. The standard InChI is InChI=1S/C14H15F2N3O/c1-2-3-11-8-13(19-18-11)17-14(20)6-9-4-5-10(15)7-12(9)16/h4-5,7-8H,2-3,6H2,1H3,(H2,17,18,19,20). The first-order valence-corrected chi connectivity index (χ1v) is 6.36. The highest BCUT2D eigenvalue weighted by atomic mass is 19.1. The predicted molar refractivity (Wildman–Crippen MR) is 71.3 cm³/mol. The van der Waals surface area contributed by atoms with E-state index in [2.05, 4.69) is 15.5 Å². The minimum absolute atomic E-state index is 0.146. The lowest BCUT2D eigenvalue weighted by molar-refractivity contribution is -0.115. The van der Waals surface area contributed by atoms with Crippen LogP contribution in [0.4, 0.5) is 14.6 Å². The zero-order valence-electron chi connectivity index (χ0n) is 11.0. The van der Waals surface area contributed by atoms with Crippen LogP contribution < -0.4 is 5.32 Å². The maximum absolute atomic E-state index is 13.4. The molecule has 0 atom stereocenters. The molecule has 2 rings (SSSR count). The number of aryl methyl sites for hydroxylation is 1. The Kier molecular flexibility index (Phi) is 4.45. The van der Waals surface area contributed by atoms with Crippen molar-refractivity contribution in [1.82, 2.24) is 10.2 Å². The van der Waals surface area contributed by atoms with Gasteiger partial charge in [0.1, 0.15) is 11.6 Å². The predicted octanol–water partition coefficient (Wildman–Crippen LogP) is 2.82. The van der Waals surface area contributed by atoms with Crippen molar-refractivity contribution in [2.45, 2.75) is 26.2 Å². The number of hydrogen-bond acceptors (Lipinski definition) is 2. The van der Waals surface area contributed by atoms with Crippen molar-refractivity contribution in [1.29, 1.82) is 0 Å². The molecule has 0 aliphatic carbocycles. The van der Waals surface area contributed by atoms with Crippen molar-refractivity contribution in [3.63, 3.8) is 0 Å². The number of H-pyrrole nitrogens is 1. The van der Waals surface area contributed by atoms with Crippen molar-refractivity contribution >= 4 is 11.7 Å². The van der Waals surface area contributed by atoms with Crippen LogP contribution in [0, 0.1) is 11.6 Å². The monoisotopic (exact) mass is 279 g/mol. The fourth-order valence-corrected chi connectivity index (χ4v) is 1.85. The first kappa shape index (κ1) is 14.2. The maximum Gasteiger partial charge on any atom is 0.230 e. The Balaban J connectivity index is 1.97. The van der Waals surface area contributed by atoms with Gasteiger partial charge in [-0.1, -0.05) is 19.4 Å². The molecule has 1 aromatic heterocycles. The van der Waals surface area contributed by atoms with Crippen LogP contribution in [0.15, 0.2) is 24.3 Å². The molecule has 1 aromatic carbocycles. The molecule has 4 nitrogen and oxygen atoms in total. The number of carbonyl (C=O) groups is 1. The Morgan fingerprint density at radius 2 is 2.15 bits per heavy atom. The zero-order chi connectivity index (χ0) is 14.5. The van der Waals surface area contributed by atoms with E-state index < -0.39 is 17.5 Å². The van der Waals surface area contributed by atoms with Gasteiger partial charge in [0.25, 0.3) is 0 Å². The molecule has 0 spiro atoms. The highest BCUT2D eigenvalue weighted by Crippen LogP contribution is 2.12. The molecule has 20 heavy (non-hydrogen) atoms. The Bertz CT molecular complexity index is 610.